The third-order valence-electron chi connectivity index (χ3n) is 4.30. The van der Waals surface area contributed by atoms with Gasteiger partial charge >= 0.3 is 0 Å². The van der Waals surface area contributed by atoms with Crippen molar-refractivity contribution in [2.24, 2.45) is 10.7 Å². The van der Waals surface area contributed by atoms with Gasteiger partial charge in [0.15, 0.2) is 5.96 Å². The summed E-state index contributed by atoms with van der Waals surface area (Å²) in [5.74, 6) is 1.32. The first-order valence-electron chi connectivity index (χ1n) is 7.87. The third kappa shape index (κ3) is 3.65. The van der Waals surface area contributed by atoms with Crippen LogP contribution in [0.25, 0.3) is 0 Å². The van der Waals surface area contributed by atoms with Crippen LogP contribution in [0.5, 0.6) is 5.88 Å². The lowest BCUT2D eigenvalue weighted by Gasteiger charge is -2.17. The molecule has 0 amide bonds. The minimum Gasteiger partial charge on any atom is -0.474 e. The van der Waals surface area contributed by atoms with E-state index in [1.54, 1.807) is 6.20 Å². The number of hydrogen-bond donors (Lipinski definition) is 1. The molecule has 5 nitrogen and oxygen atoms in total. The lowest BCUT2D eigenvalue weighted by molar-refractivity contribution is 0.199. The van der Waals surface area contributed by atoms with Gasteiger partial charge in [0.05, 0.1) is 6.54 Å². The quantitative estimate of drug-likeness (QED) is 0.667. The second kappa shape index (κ2) is 6.33. The van der Waals surface area contributed by atoms with Crippen LogP contribution in [-0.4, -0.2) is 35.0 Å². The molecular weight excluding hydrogens is 264 g/mol. The van der Waals surface area contributed by atoms with Crippen molar-refractivity contribution in [3.63, 3.8) is 0 Å². The molecule has 1 heterocycles. The zero-order chi connectivity index (χ0) is 14.7. The van der Waals surface area contributed by atoms with E-state index in [2.05, 4.69) is 14.9 Å². The first kappa shape index (κ1) is 14.2. The first-order valence-corrected chi connectivity index (χ1v) is 7.87. The highest BCUT2D eigenvalue weighted by atomic mass is 16.5. The SMILES string of the molecule is CN(C(N)=NCc1cccnc1OC1CCCC1)C1CC1. The van der Waals surface area contributed by atoms with E-state index >= 15 is 0 Å². The van der Waals surface area contributed by atoms with E-state index in [0.717, 1.165) is 24.3 Å². The monoisotopic (exact) mass is 288 g/mol. The van der Waals surface area contributed by atoms with E-state index in [9.17, 15) is 0 Å². The molecule has 0 spiro atoms. The summed E-state index contributed by atoms with van der Waals surface area (Å²) in [6, 6.07) is 4.52. The van der Waals surface area contributed by atoms with E-state index in [0.29, 0.717) is 24.7 Å². The maximum absolute atomic E-state index is 6.03. The highest BCUT2D eigenvalue weighted by Gasteiger charge is 2.27. The van der Waals surface area contributed by atoms with Crippen molar-refractivity contribution in [3.8, 4) is 5.88 Å². The summed E-state index contributed by atoms with van der Waals surface area (Å²) in [7, 11) is 2.01. The fourth-order valence-electron chi connectivity index (χ4n) is 2.74. The van der Waals surface area contributed by atoms with Crippen LogP contribution in [0.15, 0.2) is 23.3 Å². The van der Waals surface area contributed by atoms with Crippen molar-refractivity contribution in [3.05, 3.63) is 23.9 Å². The van der Waals surface area contributed by atoms with Crippen LogP contribution in [0, 0.1) is 0 Å². The van der Waals surface area contributed by atoms with Crippen LogP contribution in [0.4, 0.5) is 0 Å². The Labute approximate surface area is 126 Å². The van der Waals surface area contributed by atoms with Gasteiger partial charge in [0.1, 0.15) is 6.10 Å². The number of aliphatic imine (C=N–C) groups is 1. The topological polar surface area (TPSA) is 63.7 Å². The summed E-state index contributed by atoms with van der Waals surface area (Å²) in [6.45, 7) is 0.527. The molecule has 0 unspecified atom stereocenters. The average molecular weight is 288 g/mol. The van der Waals surface area contributed by atoms with Crippen molar-refractivity contribution in [1.82, 2.24) is 9.88 Å². The molecule has 0 atom stereocenters. The molecule has 2 fully saturated rings. The summed E-state index contributed by atoms with van der Waals surface area (Å²) in [4.78, 5) is 10.9. The summed E-state index contributed by atoms with van der Waals surface area (Å²) in [5, 5.41) is 0. The summed E-state index contributed by atoms with van der Waals surface area (Å²) >= 11 is 0. The third-order valence-corrected chi connectivity index (χ3v) is 4.30. The molecule has 2 aliphatic carbocycles. The van der Waals surface area contributed by atoms with E-state index in [-0.39, 0.29) is 0 Å². The van der Waals surface area contributed by atoms with Crippen LogP contribution in [0.1, 0.15) is 44.1 Å². The van der Waals surface area contributed by atoms with Crippen molar-refractivity contribution in [2.75, 3.05) is 7.05 Å². The Hall–Kier alpha value is -1.78. The van der Waals surface area contributed by atoms with E-state index in [1.165, 1.54) is 25.7 Å². The Kier molecular flexibility index (Phi) is 4.27. The second-order valence-electron chi connectivity index (χ2n) is 6.01. The molecule has 3 rings (SSSR count). The average Bonchev–Trinajstić information content (AvgIpc) is 3.23. The molecule has 2 saturated carbocycles. The second-order valence-corrected chi connectivity index (χ2v) is 6.01. The molecule has 0 aliphatic heterocycles. The number of ether oxygens (including phenoxy) is 1. The lowest BCUT2D eigenvalue weighted by atomic mass is 10.2. The minimum absolute atomic E-state index is 0.314. The standard InChI is InChI=1S/C16H24N4O/c1-20(13-8-9-13)16(17)19-11-12-5-4-10-18-15(12)21-14-6-2-3-7-14/h4-5,10,13-14H,2-3,6-9,11H2,1H3,(H2,17,19). The highest BCUT2D eigenvalue weighted by molar-refractivity contribution is 5.78. The summed E-state index contributed by atoms with van der Waals surface area (Å²) in [5.41, 5.74) is 7.05. The Bertz CT molecular complexity index is 507. The van der Waals surface area contributed by atoms with Gasteiger partial charge in [0.25, 0.3) is 0 Å². The molecule has 21 heavy (non-hydrogen) atoms. The van der Waals surface area contributed by atoms with Gasteiger partial charge in [-0.1, -0.05) is 6.07 Å². The van der Waals surface area contributed by atoms with Gasteiger partial charge in [0.2, 0.25) is 5.88 Å². The highest BCUT2D eigenvalue weighted by Crippen LogP contribution is 2.26. The zero-order valence-electron chi connectivity index (χ0n) is 12.7. The van der Waals surface area contributed by atoms with E-state index in [4.69, 9.17) is 10.5 Å². The molecule has 0 aromatic carbocycles. The minimum atomic E-state index is 0.314. The maximum atomic E-state index is 6.03. The number of pyridine rings is 1. The van der Waals surface area contributed by atoms with Crippen LogP contribution in [0.3, 0.4) is 0 Å². The fraction of sp³-hybridized carbons (Fsp3) is 0.625. The normalized spacial score (nSPS) is 19.8. The molecule has 2 aliphatic rings. The first-order chi connectivity index (χ1) is 10.2. The molecular formula is C16H24N4O. The largest absolute Gasteiger partial charge is 0.474 e. The molecule has 0 radical (unpaired) electrons. The van der Waals surface area contributed by atoms with Gasteiger partial charge in [-0.3, -0.25) is 0 Å². The molecule has 1 aromatic rings. The van der Waals surface area contributed by atoms with Crippen LogP contribution in [-0.2, 0) is 6.54 Å². The number of aromatic nitrogens is 1. The van der Waals surface area contributed by atoms with Crippen molar-refractivity contribution in [1.29, 1.82) is 0 Å². The van der Waals surface area contributed by atoms with Crippen molar-refractivity contribution in [2.45, 2.75) is 57.2 Å². The van der Waals surface area contributed by atoms with E-state index < -0.39 is 0 Å². The molecule has 2 N–H and O–H groups in total. The van der Waals surface area contributed by atoms with Gasteiger partial charge in [-0.25, -0.2) is 9.98 Å². The molecule has 5 heteroatoms. The lowest BCUT2D eigenvalue weighted by Crippen LogP contribution is -2.35. The predicted molar refractivity (Wildman–Crippen MR) is 83.2 cm³/mol. The van der Waals surface area contributed by atoms with Gasteiger partial charge in [-0.05, 0) is 44.6 Å². The Morgan fingerprint density at radius 2 is 2.14 bits per heavy atom. The number of nitrogens with zero attached hydrogens (tertiary/aromatic N) is 3. The fourth-order valence-corrected chi connectivity index (χ4v) is 2.74. The van der Waals surface area contributed by atoms with Gasteiger partial charge in [0, 0.05) is 24.8 Å². The van der Waals surface area contributed by atoms with Crippen LogP contribution in [0.2, 0.25) is 0 Å². The van der Waals surface area contributed by atoms with Crippen molar-refractivity contribution < 1.29 is 4.74 Å². The van der Waals surface area contributed by atoms with Gasteiger partial charge in [-0.2, -0.15) is 0 Å². The summed E-state index contributed by atoms with van der Waals surface area (Å²) < 4.78 is 6.02. The number of guanidine groups is 1. The Morgan fingerprint density at radius 1 is 1.38 bits per heavy atom. The molecule has 114 valence electrons. The zero-order valence-corrected chi connectivity index (χ0v) is 12.7. The molecule has 1 aromatic heterocycles. The maximum Gasteiger partial charge on any atom is 0.218 e. The smallest absolute Gasteiger partial charge is 0.218 e. The predicted octanol–water partition coefficient (Wildman–Crippen LogP) is 2.31. The molecule has 0 bridgehead atoms. The Balaban J connectivity index is 1.65. The van der Waals surface area contributed by atoms with Crippen LogP contribution < -0.4 is 10.5 Å². The summed E-state index contributed by atoms with van der Waals surface area (Å²) in [6.07, 6.45) is 9.29. The number of rotatable bonds is 5. The van der Waals surface area contributed by atoms with Gasteiger partial charge in [-0.15, -0.1) is 0 Å². The van der Waals surface area contributed by atoms with Crippen molar-refractivity contribution >= 4 is 5.96 Å². The van der Waals surface area contributed by atoms with Crippen LogP contribution >= 0.6 is 0 Å². The Morgan fingerprint density at radius 3 is 2.86 bits per heavy atom. The number of hydrogen-bond acceptors (Lipinski definition) is 3. The number of nitrogens with two attached hydrogens (primary N) is 1. The van der Waals surface area contributed by atoms with E-state index in [1.807, 2.05) is 19.2 Å². The molecule has 0 saturated heterocycles. The van der Waals surface area contributed by atoms with Gasteiger partial charge < -0.3 is 15.4 Å².